The lowest BCUT2D eigenvalue weighted by Gasteiger charge is -2.25. The van der Waals surface area contributed by atoms with Crippen molar-refractivity contribution in [1.82, 2.24) is 14.8 Å². The van der Waals surface area contributed by atoms with Crippen LogP contribution in [0.5, 0.6) is 0 Å². The van der Waals surface area contributed by atoms with Crippen LogP contribution in [0.15, 0.2) is 47.3 Å². The molecule has 0 saturated carbocycles. The first kappa shape index (κ1) is 14.4. The van der Waals surface area contributed by atoms with Crippen LogP contribution in [0.1, 0.15) is 17.0 Å². The zero-order chi connectivity index (χ0) is 16.8. The fourth-order valence-corrected chi connectivity index (χ4v) is 3.13. The van der Waals surface area contributed by atoms with E-state index in [-0.39, 0.29) is 18.0 Å². The van der Waals surface area contributed by atoms with Crippen LogP contribution in [-0.2, 0) is 11.2 Å². The van der Waals surface area contributed by atoms with Crippen molar-refractivity contribution in [1.29, 1.82) is 0 Å². The van der Waals surface area contributed by atoms with E-state index in [0.29, 0.717) is 17.2 Å². The number of fused-ring (bicyclic) bond motifs is 3. The third-order valence-corrected chi connectivity index (χ3v) is 4.48. The summed E-state index contributed by atoms with van der Waals surface area (Å²) in [5, 5.41) is 6.44. The molecule has 4 rings (SSSR count). The molecular formula is C18H16N4O2. The number of anilines is 2. The molecule has 0 aliphatic carbocycles. The van der Waals surface area contributed by atoms with Gasteiger partial charge in [0.15, 0.2) is 0 Å². The molecule has 0 saturated heterocycles. The van der Waals surface area contributed by atoms with E-state index < -0.39 is 0 Å². The highest BCUT2D eigenvalue weighted by molar-refractivity contribution is 6.04. The highest BCUT2D eigenvalue weighted by Gasteiger charge is 2.29. The number of H-pyrrole nitrogens is 1. The lowest BCUT2D eigenvalue weighted by atomic mass is 10.1. The molecule has 1 amide bonds. The van der Waals surface area contributed by atoms with Gasteiger partial charge in [-0.25, -0.2) is 14.5 Å². The minimum absolute atomic E-state index is 0.0564. The van der Waals surface area contributed by atoms with E-state index in [0.717, 1.165) is 16.8 Å². The van der Waals surface area contributed by atoms with Crippen LogP contribution in [0.2, 0.25) is 0 Å². The number of para-hydroxylation sites is 2. The number of carbonyl (C=O) groups is 1. The molecule has 6 nitrogen and oxygen atoms in total. The zero-order valence-electron chi connectivity index (χ0n) is 13.4. The SMILES string of the molecule is Cc1cccc(N2C(=O)Cc3n[nH]c(=O)n3-c3ccccc32)c1C. The van der Waals surface area contributed by atoms with Gasteiger partial charge in [-0.3, -0.25) is 9.69 Å². The monoisotopic (exact) mass is 320 g/mol. The Bertz CT molecular complexity index is 1020. The number of aromatic amines is 1. The van der Waals surface area contributed by atoms with E-state index in [1.165, 1.54) is 4.57 Å². The van der Waals surface area contributed by atoms with Crippen LogP contribution in [0, 0.1) is 13.8 Å². The molecule has 0 fully saturated rings. The van der Waals surface area contributed by atoms with Gasteiger partial charge in [-0.2, -0.15) is 5.10 Å². The van der Waals surface area contributed by atoms with Gasteiger partial charge in [0.1, 0.15) is 5.82 Å². The van der Waals surface area contributed by atoms with Gasteiger partial charge in [0.2, 0.25) is 5.91 Å². The molecule has 3 aromatic rings. The van der Waals surface area contributed by atoms with E-state index in [2.05, 4.69) is 10.2 Å². The van der Waals surface area contributed by atoms with Crippen molar-refractivity contribution < 1.29 is 4.79 Å². The highest BCUT2D eigenvalue weighted by Crippen LogP contribution is 2.36. The maximum Gasteiger partial charge on any atom is 0.348 e. The van der Waals surface area contributed by atoms with Crippen LogP contribution in [0.4, 0.5) is 11.4 Å². The van der Waals surface area contributed by atoms with E-state index in [4.69, 9.17) is 0 Å². The molecule has 0 radical (unpaired) electrons. The van der Waals surface area contributed by atoms with Crippen molar-refractivity contribution in [2.45, 2.75) is 20.3 Å². The first-order chi connectivity index (χ1) is 11.6. The lowest BCUT2D eigenvalue weighted by Crippen LogP contribution is -2.27. The molecule has 0 atom stereocenters. The van der Waals surface area contributed by atoms with Gasteiger partial charge in [-0.1, -0.05) is 24.3 Å². The number of benzene rings is 2. The standard InChI is InChI=1S/C18H16N4O2/c1-11-6-5-9-13(12(11)2)21-14-7-3-4-8-15(14)22-16(10-17(21)23)19-20-18(22)24/h3-9H,10H2,1-2H3,(H,20,24). The molecular weight excluding hydrogens is 304 g/mol. The largest absolute Gasteiger partial charge is 0.348 e. The molecule has 120 valence electrons. The van der Waals surface area contributed by atoms with E-state index >= 15 is 0 Å². The quantitative estimate of drug-likeness (QED) is 0.748. The molecule has 1 aliphatic rings. The fraction of sp³-hybridized carbons (Fsp3) is 0.167. The van der Waals surface area contributed by atoms with E-state index in [1.807, 2.05) is 56.3 Å². The van der Waals surface area contributed by atoms with Crippen LogP contribution in [0.25, 0.3) is 5.69 Å². The van der Waals surface area contributed by atoms with Crippen molar-refractivity contribution in [2.75, 3.05) is 4.90 Å². The molecule has 0 spiro atoms. The minimum atomic E-state index is -0.340. The summed E-state index contributed by atoms with van der Waals surface area (Å²) in [6.45, 7) is 4.01. The summed E-state index contributed by atoms with van der Waals surface area (Å²) >= 11 is 0. The molecule has 1 aromatic heterocycles. The Hall–Kier alpha value is -3.15. The Balaban J connectivity index is 2.03. The Morgan fingerprint density at radius 2 is 1.67 bits per heavy atom. The number of aryl methyl sites for hydroxylation is 1. The summed E-state index contributed by atoms with van der Waals surface area (Å²) in [4.78, 5) is 26.8. The van der Waals surface area contributed by atoms with Gasteiger partial charge in [-0.15, -0.1) is 0 Å². The molecule has 2 heterocycles. The topological polar surface area (TPSA) is 71.0 Å². The third kappa shape index (κ3) is 2.00. The number of rotatable bonds is 1. The maximum atomic E-state index is 13.0. The van der Waals surface area contributed by atoms with Crippen molar-refractivity contribution in [2.24, 2.45) is 0 Å². The number of hydrogen-bond acceptors (Lipinski definition) is 3. The molecule has 0 unspecified atom stereocenters. The zero-order valence-corrected chi connectivity index (χ0v) is 13.4. The number of nitrogens with zero attached hydrogens (tertiary/aromatic N) is 3. The van der Waals surface area contributed by atoms with Crippen molar-refractivity contribution in [3.63, 3.8) is 0 Å². The normalized spacial score (nSPS) is 13.4. The first-order valence-corrected chi connectivity index (χ1v) is 7.73. The number of aromatic nitrogens is 3. The summed E-state index contributed by atoms with van der Waals surface area (Å²) in [5.74, 6) is 0.305. The predicted octanol–water partition coefficient (Wildman–Crippen LogP) is 2.40. The summed E-state index contributed by atoms with van der Waals surface area (Å²) in [5.41, 5.74) is 3.96. The Morgan fingerprint density at radius 3 is 2.46 bits per heavy atom. The van der Waals surface area contributed by atoms with Crippen molar-refractivity contribution in [3.8, 4) is 5.69 Å². The minimum Gasteiger partial charge on any atom is -0.278 e. The summed E-state index contributed by atoms with van der Waals surface area (Å²) in [7, 11) is 0. The van der Waals surface area contributed by atoms with Crippen LogP contribution >= 0.6 is 0 Å². The van der Waals surface area contributed by atoms with Crippen LogP contribution in [0.3, 0.4) is 0 Å². The van der Waals surface area contributed by atoms with Gasteiger partial charge in [0, 0.05) is 0 Å². The summed E-state index contributed by atoms with van der Waals surface area (Å²) in [6.07, 6.45) is 0.0564. The average molecular weight is 320 g/mol. The molecule has 1 aliphatic heterocycles. The number of nitrogens with one attached hydrogen (secondary N) is 1. The maximum absolute atomic E-state index is 13.0. The first-order valence-electron chi connectivity index (χ1n) is 7.73. The second kappa shape index (κ2) is 5.19. The molecule has 1 N–H and O–H groups in total. The Labute approximate surface area is 138 Å². The van der Waals surface area contributed by atoms with Crippen LogP contribution in [-0.4, -0.2) is 20.7 Å². The van der Waals surface area contributed by atoms with Crippen molar-refractivity contribution >= 4 is 17.3 Å². The molecule has 0 bridgehead atoms. The second-order valence-corrected chi connectivity index (χ2v) is 5.89. The Morgan fingerprint density at radius 1 is 0.958 bits per heavy atom. The second-order valence-electron chi connectivity index (χ2n) is 5.89. The number of amides is 1. The number of carbonyl (C=O) groups excluding carboxylic acids is 1. The van der Waals surface area contributed by atoms with Gasteiger partial charge in [-0.05, 0) is 43.2 Å². The lowest BCUT2D eigenvalue weighted by molar-refractivity contribution is -0.117. The summed E-state index contributed by atoms with van der Waals surface area (Å²) < 4.78 is 1.47. The van der Waals surface area contributed by atoms with E-state index in [1.54, 1.807) is 4.90 Å². The Kier molecular flexibility index (Phi) is 3.13. The van der Waals surface area contributed by atoms with Gasteiger partial charge in [0.05, 0.1) is 23.5 Å². The molecule has 24 heavy (non-hydrogen) atoms. The van der Waals surface area contributed by atoms with Crippen LogP contribution < -0.4 is 10.6 Å². The van der Waals surface area contributed by atoms with Gasteiger partial charge in [0.25, 0.3) is 0 Å². The fourth-order valence-electron chi connectivity index (χ4n) is 3.13. The summed E-state index contributed by atoms with van der Waals surface area (Å²) in [6, 6.07) is 13.3. The van der Waals surface area contributed by atoms with Gasteiger partial charge < -0.3 is 0 Å². The van der Waals surface area contributed by atoms with Crippen molar-refractivity contribution in [3.05, 3.63) is 69.9 Å². The predicted molar refractivity (Wildman–Crippen MR) is 91.0 cm³/mol. The third-order valence-electron chi connectivity index (χ3n) is 4.48. The van der Waals surface area contributed by atoms with E-state index in [9.17, 15) is 9.59 Å². The average Bonchev–Trinajstić information content (AvgIpc) is 2.86. The smallest absolute Gasteiger partial charge is 0.278 e. The molecule has 2 aromatic carbocycles. The highest BCUT2D eigenvalue weighted by atomic mass is 16.2. The molecule has 6 heteroatoms. The number of hydrogen-bond donors (Lipinski definition) is 1. The van der Waals surface area contributed by atoms with Gasteiger partial charge >= 0.3 is 5.69 Å².